The van der Waals surface area contributed by atoms with E-state index < -0.39 is 11.7 Å². The molecule has 0 saturated carbocycles. The number of alkyl halides is 3. The zero-order valence-corrected chi connectivity index (χ0v) is 16.0. The molecule has 1 saturated heterocycles. The van der Waals surface area contributed by atoms with Crippen LogP contribution in [0.5, 0.6) is 5.75 Å². The van der Waals surface area contributed by atoms with E-state index in [1.54, 1.807) is 6.07 Å². The Morgan fingerprint density at radius 1 is 0.964 bits per heavy atom. The maximum Gasteiger partial charge on any atom is 0.419 e. The van der Waals surface area contributed by atoms with Crippen LogP contribution in [0.3, 0.4) is 0 Å². The number of hydrogen-bond acceptors (Lipinski definition) is 3. The Kier molecular flexibility index (Phi) is 6.62. The van der Waals surface area contributed by atoms with Crippen LogP contribution >= 0.6 is 0 Å². The van der Waals surface area contributed by atoms with Gasteiger partial charge in [0.25, 0.3) is 0 Å². The predicted molar refractivity (Wildman–Crippen MR) is 102 cm³/mol. The smallest absolute Gasteiger partial charge is 0.419 e. The lowest BCUT2D eigenvalue weighted by Gasteiger charge is -2.39. The third-order valence-corrected chi connectivity index (χ3v) is 5.20. The van der Waals surface area contributed by atoms with E-state index in [-0.39, 0.29) is 18.0 Å². The Hall–Kier alpha value is -2.05. The number of rotatable bonds is 7. The molecular weight excluding hydrogens is 367 g/mol. The molecule has 152 valence electrons. The van der Waals surface area contributed by atoms with Crippen molar-refractivity contribution < 1.29 is 22.6 Å². The van der Waals surface area contributed by atoms with Gasteiger partial charge in [-0.25, -0.2) is 0 Å². The quantitative estimate of drug-likeness (QED) is 0.649. The van der Waals surface area contributed by atoms with Crippen molar-refractivity contribution in [2.45, 2.75) is 38.1 Å². The van der Waals surface area contributed by atoms with Gasteiger partial charge in [0.2, 0.25) is 0 Å². The number of benzene rings is 2. The van der Waals surface area contributed by atoms with Crippen LogP contribution in [0.25, 0.3) is 0 Å². The van der Waals surface area contributed by atoms with Gasteiger partial charge in [0.15, 0.2) is 0 Å². The van der Waals surface area contributed by atoms with Gasteiger partial charge in [-0.3, -0.25) is 4.90 Å². The van der Waals surface area contributed by atoms with E-state index in [0.717, 1.165) is 37.6 Å². The van der Waals surface area contributed by atoms with Crippen LogP contribution < -0.4 is 4.74 Å². The van der Waals surface area contributed by atoms with Crippen LogP contribution in [-0.2, 0) is 17.5 Å². The first-order valence-electron chi connectivity index (χ1n) is 9.55. The van der Waals surface area contributed by atoms with Gasteiger partial charge in [-0.05, 0) is 37.5 Å². The first-order chi connectivity index (χ1) is 13.4. The number of hydrogen-bond donors (Lipinski definition) is 0. The highest BCUT2D eigenvalue weighted by molar-refractivity contribution is 5.35. The molecule has 1 fully saturated rings. The van der Waals surface area contributed by atoms with E-state index in [1.165, 1.54) is 12.1 Å². The van der Waals surface area contributed by atoms with Crippen molar-refractivity contribution in [3.8, 4) is 5.75 Å². The van der Waals surface area contributed by atoms with E-state index in [1.807, 2.05) is 18.2 Å². The minimum atomic E-state index is -4.40. The average molecular weight is 393 g/mol. The topological polar surface area (TPSA) is 21.7 Å². The fourth-order valence-corrected chi connectivity index (χ4v) is 3.34. The molecule has 28 heavy (non-hydrogen) atoms. The van der Waals surface area contributed by atoms with Crippen molar-refractivity contribution >= 4 is 0 Å². The minimum Gasteiger partial charge on any atom is -0.492 e. The Morgan fingerprint density at radius 2 is 1.61 bits per heavy atom. The highest BCUT2D eigenvalue weighted by Crippen LogP contribution is 2.36. The molecule has 0 radical (unpaired) electrons. The fraction of sp³-hybridized carbons (Fsp3) is 0.455. The monoisotopic (exact) mass is 393 g/mol. The van der Waals surface area contributed by atoms with Crippen LogP contribution in [0.4, 0.5) is 13.2 Å². The van der Waals surface area contributed by atoms with Gasteiger partial charge in [0.1, 0.15) is 12.4 Å². The van der Waals surface area contributed by atoms with Crippen molar-refractivity contribution in [1.82, 2.24) is 4.90 Å². The maximum absolute atomic E-state index is 13.0. The standard InChI is InChI=1S/C22H26F3NO2/c1-21(28-17-18-7-3-2-4-8-18)11-13-26(14-12-21)15-16-27-20-10-6-5-9-19(20)22(23,24)25/h2-10H,11-17H2,1H3. The third-order valence-electron chi connectivity index (χ3n) is 5.20. The van der Waals surface area contributed by atoms with Crippen molar-refractivity contribution in [3.63, 3.8) is 0 Å². The van der Waals surface area contributed by atoms with Crippen molar-refractivity contribution in [2.75, 3.05) is 26.2 Å². The van der Waals surface area contributed by atoms with Gasteiger partial charge < -0.3 is 9.47 Å². The summed E-state index contributed by atoms with van der Waals surface area (Å²) in [5.41, 5.74) is 0.259. The molecular formula is C22H26F3NO2. The summed E-state index contributed by atoms with van der Waals surface area (Å²) < 4.78 is 50.6. The van der Waals surface area contributed by atoms with Crippen LogP contribution in [0, 0.1) is 0 Å². The van der Waals surface area contributed by atoms with Gasteiger partial charge in [0, 0.05) is 19.6 Å². The maximum atomic E-state index is 13.0. The average Bonchev–Trinajstić information content (AvgIpc) is 2.69. The summed E-state index contributed by atoms with van der Waals surface area (Å²) >= 11 is 0. The van der Waals surface area contributed by atoms with Crippen LogP contribution in [-0.4, -0.2) is 36.7 Å². The number of nitrogens with zero attached hydrogens (tertiary/aromatic N) is 1. The first-order valence-corrected chi connectivity index (χ1v) is 9.55. The molecule has 0 amide bonds. The molecule has 0 aliphatic carbocycles. The lowest BCUT2D eigenvalue weighted by atomic mass is 9.93. The van der Waals surface area contributed by atoms with Crippen molar-refractivity contribution in [2.24, 2.45) is 0 Å². The third kappa shape index (κ3) is 5.72. The summed E-state index contributed by atoms with van der Waals surface area (Å²) in [6, 6.07) is 15.4. The molecule has 3 rings (SSSR count). The molecule has 6 heteroatoms. The minimum absolute atomic E-state index is 0.108. The van der Waals surface area contributed by atoms with E-state index in [2.05, 4.69) is 24.0 Å². The van der Waals surface area contributed by atoms with Crippen LogP contribution in [0.2, 0.25) is 0 Å². The molecule has 1 aliphatic rings. The van der Waals surface area contributed by atoms with Gasteiger partial charge in [-0.1, -0.05) is 42.5 Å². The summed E-state index contributed by atoms with van der Waals surface area (Å²) in [7, 11) is 0. The molecule has 2 aromatic rings. The van der Waals surface area contributed by atoms with Gasteiger partial charge in [0.05, 0.1) is 17.8 Å². The lowest BCUT2D eigenvalue weighted by Crippen LogP contribution is -2.45. The molecule has 2 aromatic carbocycles. The molecule has 0 unspecified atom stereocenters. The second-order valence-electron chi connectivity index (χ2n) is 7.41. The largest absolute Gasteiger partial charge is 0.492 e. The van der Waals surface area contributed by atoms with Crippen molar-refractivity contribution in [1.29, 1.82) is 0 Å². The summed E-state index contributed by atoms with van der Waals surface area (Å²) in [5, 5.41) is 0. The second-order valence-corrected chi connectivity index (χ2v) is 7.41. The van der Waals surface area contributed by atoms with Gasteiger partial charge in [-0.2, -0.15) is 13.2 Å². The van der Waals surface area contributed by atoms with Gasteiger partial charge >= 0.3 is 6.18 Å². The molecule has 0 N–H and O–H groups in total. The molecule has 0 spiro atoms. The number of para-hydroxylation sites is 1. The summed E-state index contributed by atoms with van der Waals surface area (Å²) in [6.07, 6.45) is -2.63. The molecule has 0 atom stereocenters. The molecule has 1 aliphatic heterocycles. The zero-order valence-electron chi connectivity index (χ0n) is 16.0. The van der Waals surface area contributed by atoms with Crippen LogP contribution in [0.1, 0.15) is 30.9 Å². The Bertz CT molecular complexity index is 741. The second kappa shape index (κ2) is 8.97. The Balaban J connectivity index is 1.43. The van der Waals surface area contributed by atoms with E-state index in [0.29, 0.717) is 13.2 Å². The van der Waals surface area contributed by atoms with Gasteiger partial charge in [-0.15, -0.1) is 0 Å². The molecule has 0 aromatic heterocycles. The summed E-state index contributed by atoms with van der Waals surface area (Å²) in [5.74, 6) is -0.108. The predicted octanol–water partition coefficient (Wildman–Crippen LogP) is 5.16. The Morgan fingerprint density at radius 3 is 2.29 bits per heavy atom. The Labute approximate surface area is 164 Å². The number of likely N-dealkylation sites (tertiary alicyclic amines) is 1. The van der Waals surface area contributed by atoms with E-state index in [9.17, 15) is 13.2 Å². The zero-order chi connectivity index (χ0) is 20.0. The lowest BCUT2D eigenvalue weighted by molar-refractivity contribution is -0.139. The SMILES string of the molecule is CC1(OCc2ccccc2)CCN(CCOc2ccccc2C(F)(F)F)CC1. The number of piperidine rings is 1. The molecule has 0 bridgehead atoms. The number of ether oxygens (including phenoxy) is 2. The normalized spacial score (nSPS) is 17.4. The van der Waals surface area contributed by atoms with E-state index in [4.69, 9.17) is 9.47 Å². The summed E-state index contributed by atoms with van der Waals surface area (Å²) in [4.78, 5) is 2.21. The highest BCUT2D eigenvalue weighted by Gasteiger charge is 2.34. The number of halogens is 3. The molecule has 3 nitrogen and oxygen atoms in total. The van der Waals surface area contributed by atoms with E-state index >= 15 is 0 Å². The van der Waals surface area contributed by atoms with Crippen molar-refractivity contribution in [3.05, 3.63) is 65.7 Å². The highest BCUT2D eigenvalue weighted by atomic mass is 19.4. The first kappa shape index (κ1) is 20.7. The summed E-state index contributed by atoms with van der Waals surface area (Å²) in [6.45, 7) is 5.23. The fourth-order valence-electron chi connectivity index (χ4n) is 3.34. The molecule has 1 heterocycles. The van der Waals surface area contributed by atoms with Crippen LogP contribution in [0.15, 0.2) is 54.6 Å².